The zero-order valence-corrected chi connectivity index (χ0v) is 12.0. The third-order valence-corrected chi connectivity index (χ3v) is 3.71. The van der Waals surface area contributed by atoms with Crippen LogP contribution in [0.15, 0.2) is 0 Å². The summed E-state index contributed by atoms with van der Waals surface area (Å²) in [5.74, 6) is -0.293. The molecular formula is C14H26N2O3. The minimum atomic E-state index is -1.06. The van der Waals surface area contributed by atoms with E-state index in [0.29, 0.717) is 25.3 Å². The minimum absolute atomic E-state index is 0.354. The molecule has 0 radical (unpaired) electrons. The van der Waals surface area contributed by atoms with E-state index in [1.165, 1.54) is 0 Å². The van der Waals surface area contributed by atoms with E-state index in [2.05, 4.69) is 24.5 Å². The lowest BCUT2D eigenvalue weighted by Crippen LogP contribution is -2.58. The summed E-state index contributed by atoms with van der Waals surface area (Å²) in [6.45, 7) is 4.88. The number of amides is 2. The van der Waals surface area contributed by atoms with Gasteiger partial charge < -0.3 is 15.7 Å². The van der Waals surface area contributed by atoms with E-state index in [0.717, 1.165) is 32.1 Å². The number of hydrogen-bond donors (Lipinski definition) is 3. The summed E-state index contributed by atoms with van der Waals surface area (Å²) in [5.41, 5.74) is -1.06. The third kappa shape index (κ3) is 5.09. The lowest BCUT2D eigenvalue weighted by Gasteiger charge is -2.33. The summed E-state index contributed by atoms with van der Waals surface area (Å²) in [5, 5.41) is 14.8. The van der Waals surface area contributed by atoms with E-state index in [1.807, 2.05) is 0 Å². The topological polar surface area (TPSA) is 78.4 Å². The van der Waals surface area contributed by atoms with Crippen LogP contribution in [0.5, 0.6) is 0 Å². The Morgan fingerprint density at radius 2 is 1.84 bits per heavy atom. The van der Waals surface area contributed by atoms with Crippen molar-refractivity contribution >= 4 is 12.0 Å². The fourth-order valence-corrected chi connectivity index (χ4v) is 2.52. The second-order valence-electron chi connectivity index (χ2n) is 5.86. The molecule has 0 aliphatic heterocycles. The highest BCUT2D eigenvalue weighted by Crippen LogP contribution is 2.28. The molecule has 1 rings (SSSR count). The molecule has 0 aromatic heterocycles. The molecule has 5 heteroatoms. The SMILES string of the molecule is CC(C)CCCNC(=O)NC1(C(=O)O)CCCCC1. The average Bonchev–Trinajstić information content (AvgIpc) is 2.35. The van der Waals surface area contributed by atoms with E-state index in [1.54, 1.807) is 0 Å². The lowest BCUT2D eigenvalue weighted by molar-refractivity contribution is -0.145. The van der Waals surface area contributed by atoms with Gasteiger partial charge in [0.2, 0.25) is 0 Å². The van der Waals surface area contributed by atoms with E-state index in [-0.39, 0.29) is 6.03 Å². The smallest absolute Gasteiger partial charge is 0.329 e. The van der Waals surface area contributed by atoms with Crippen molar-refractivity contribution in [2.45, 2.75) is 64.3 Å². The van der Waals surface area contributed by atoms with Gasteiger partial charge in [-0.25, -0.2) is 9.59 Å². The quantitative estimate of drug-likeness (QED) is 0.649. The third-order valence-electron chi connectivity index (χ3n) is 3.71. The van der Waals surface area contributed by atoms with Gasteiger partial charge in [-0.2, -0.15) is 0 Å². The predicted octanol–water partition coefficient (Wildman–Crippen LogP) is 2.51. The lowest BCUT2D eigenvalue weighted by atomic mass is 9.82. The molecular weight excluding hydrogens is 244 g/mol. The Kier molecular flexibility index (Phi) is 6.12. The van der Waals surface area contributed by atoms with Gasteiger partial charge in [-0.05, 0) is 31.6 Å². The predicted molar refractivity (Wildman–Crippen MR) is 74.1 cm³/mol. The second-order valence-corrected chi connectivity index (χ2v) is 5.86. The van der Waals surface area contributed by atoms with Crippen molar-refractivity contribution < 1.29 is 14.7 Å². The molecule has 0 saturated heterocycles. The molecule has 19 heavy (non-hydrogen) atoms. The fraction of sp³-hybridized carbons (Fsp3) is 0.857. The van der Waals surface area contributed by atoms with Crippen LogP contribution in [0.1, 0.15) is 58.8 Å². The van der Waals surface area contributed by atoms with E-state index >= 15 is 0 Å². The van der Waals surface area contributed by atoms with Crippen LogP contribution < -0.4 is 10.6 Å². The first-order valence-electron chi connectivity index (χ1n) is 7.26. The van der Waals surface area contributed by atoms with Crippen LogP contribution in [-0.4, -0.2) is 29.2 Å². The molecule has 3 N–H and O–H groups in total. The van der Waals surface area contributed by atoms with Crippen LogP contribution in [-0.2, 0) is 4.79 Å². The summed E-state index contributed by atoms with van der Waals surface area (Å²) >= 11 is 0. The summed E-state index contributed by atoms with van der Waals surface area (Å²) in [7, 11) is 0. The minimum Gasteiger partial charge on any atom is -0.480 e. The maximum atomic E-state index is 11.8. The standard InChI is InChI=1S/C14H26N2O3/c1-11(2)7-6-10-15-13(19)16-14(12(17)18)8-4-3-5-9-14/h11H,3-10H2,1-2H3,(H,17,18)(H2,15,16,19). The van der Waals surface area contributed by atoms with Crippen LogP contribution in [0.2, 0.25) is 0 Å². The van der Waals surface area contributed by atoms with Crippen molar-refractivity contribution in [2.75, 3.05) is 6.54 Å². The second kappa shape index (κ2) is 7.36. The van der Waals surface area contributed by atoms with Crippen LogP contribution in [0, 0.1) is 5.92 Å². The molecule has 1 aliphatic rings. The molecule has 0 unspecified atom stereocenters. The zero-order valence-electron chi connectivity index (χ0n) is 12.0. The number of carboxylic acids is 1. The van der Waals surface area contributed by atoms with Gasteiger partial charge in [0.25, 0.3) is 0 Å². The van der Waals surface area contributed by atoms with E-state index in [9.17, 15) is 14.7 Å². The van der Waals surface area contributed by atoms with Gasteiger partial charge in [0.05, 0.1) is 0 Å². The highest BCUT2D eigenvalue weighted by molar-refractivity contribution is 5.86. The van der Waals surface area contributed by atoms with Crippen molar-refractivity contribution in [1.29, 1.82) is 0 Å². The molecule has 0 aromatic carbocycles. The van der Waals surface area contributed by atoms with Gasteiger partial charge in [0.1, 0.15) is 5.54 Å². The van der Waals surface area contributed by atoms with E-state index < -0.39 is 11.5 Å². The van der Waals surface area contributed by atoms with Gasteiger partial charge >= 0.3 is 12.0 Å². The average molecular weight is 270 g/mol. The van der Waals surface area contributed by atoms with Crippen molar-refractivity contribution in [3.63, 3.8) is 0 Å². The molecule has 2 amide bonds. The van der Waals surface area contributed by atoms with Crippen LogP contribution in [0.25, 0.3) is 0 Å². The fourth-order valence-electron chi connectivity index (χ4n) is 2.52. The number of nitrogens with one attached hydrogen (secondary N) is 2. The summed E-state index contributed by atoms with van der Waals surface area (Å²) in [4.78, 5) is 23.2. The summed E-state index contributed by atoms with van der Waals surface area (Å²) in [6, 6.07) is -0.354. The Balaban J connectivity index is 2.37. The van der Waals surface area contributed by atoms with Gasteiger partial charge in [-0.1, -0.05) is 33.1 Å². The molecule has 1 aliphatic carbocycles. The van der Waals surface area contributed by atoms with Crippen LogP contribution in [0.4, 0.5) is 4.79 Å². The van der Waals surface area contributed by atoms with Gasteiger partial charge in [0.15, 0.2) is 0 Å². The molecule has 1 saturated carbocycles. The van der Waals surface area contributed by atoms with Gasteiger partial charge in [0, 0.05) is 6.54 Å². The van der Waals surface area contributed by atoms with Crippen molar-refractivity contribution in [3.05, 3.63) is 0 Å². The number of hydrogen-bond acceptors (Lipinski definition) is 2. The largest absolute Gasteiger partial charge is 0.480 e. The van der Waals surface area contributed by atoms with E-state index in [4.69, 9.17) is 0 Å². The number of carbonyl (C=O) groups excluding carboxylic acids is 1. The Labute approximate surface area is 115 Å². The maximum Gasteiger partial charge on any atom is 0.329 e. The van der Waals surface area contributed by atoms with Crippen molar-refractivity contribution in [2.24, 2.45) is 5.92 Å². The Morgan fingerprint density at radius 3 is 2.37 bits per heavy atom. The van der Waals surface area contributed by atoms with Crippen LogP contribution in [0.3, 0.4) is 0 Å². The maximum absolute atomic E-state index is 11.8. The summed E-state index contributed by atoms with van der Waals surface area (Å²) in [6.07, 6.45) is 5.81. The first-order chi connectivity index (χ1) is 8.96. The number of carboxylic acid groups (broad SMARTS) is 1. The Hall–Kier alpha value is -1.26. The first kappa shape index (κ1) is 15.8. The molecule has 110 valence electrons. The first-order valence-corrected chi connectivity index (χ1v) is 7.26. The number of urea groups is 1. The van der Waals surface area contributed by atoms with Crippen molar-refractivity contribution in [3.8, 4) is 0 Å². The molecule has 0 bridgehead atoms. The molecule has 0 aromatic rings. The highest BCUT2D eigenvalue weighted by atomic mass is 16.4. The summed E-state index contributed by atoms with van der Waals surface area (Å²) < 4.78 is 0. The number of aliphatic carboxylic acids is 1. The van der Waals surface area contributed by atoms with Gasteiger partial charge in [-0.15, -0.1) is 0 Å². The molecule has 1 fully saturated rings. The Bertz CT molecular complexity index is 310. The molecule has 5 nitrogen and oxygen atoms in total. The van der Waals surface area contributed by atoms with Crippen LogP contribution >= 0.6 is 0 Å². The van der Waals surface area contributed by atoms with Gasteiger partial charge in [-0.3, -0.25) is 0 Å². The molecule has 0 heterocycles. The zero-order chi connectivity index (χ0) is 14.3. The number of carbonyl (C=O) groups is 2. The highest BCUT2D eigenvalue weighted by Gasteiger charge is 2.40. The van der Waals surface area contributed by atoms with Crippen molar-refractivity contribution in [1.82, 2.24) is 10.6 Å². The Morgan fingerprint density at radius 1 is 1.21 bits per heavy atom. The molecule has 0 spiro atoms. The molecule has 0 atom stereocenters. The monoisotopic (exact) mass is 270 g/mol. The normalized spacial score (nSPS) is 18.1. The number of rotatable bonds is 6.